The predicted molar refractivity (Wildman–Crippen MR) is 72.7 cm³/mol. The molecule has 0 saturated heterocycles. The summed E-state index contributed by atoms with van der Waals surface area (Å²) in [6.07, 6.45) is 0. The van der Waals surface area contributed by atoms with E-state index < -0.39 is 0 Å². The number of tetrazole rings is 1. The lowest BCUT2D eigenvalue weighted by Crippen LogP contribution is -2.16. The standard InChI is InChI=1S/C11H14N6OS/c12-6-7-17-11(14-15-16-17)19-8-10(18)13-9-4-2-1-3-5-9/h1-5H,6-8,12H2,(H,13,18). The van der Waals surface area contributed by atoms with Crippen molar-refractivity contribution in [2.24, 2.45) is 5.73 Å². The molecule has 2 aromatic rings. The first-order valence-electron chi connectivity index (χ1n) is 5.73. The van der Waals surface area contributed by atoms with Crippen molar-refractivity contribution in [2.45, 2.75) is 11.7 Å². The highest BCUT2D eigenvalue weighted by Gasteiger charge is 2.09. The molecule has 1 aromatic heterocycles. The average Bonchev–Trinajstić information content (AvgIpc) is 2.85. The molecule has 8 heteroatoms. The molecule has 0 aliphatic carbocycles. The number of para-hydroxylation sites is 1. The number of anilines is 1. The van der Waals surface area contributed by atoms with Gasteiger partial charge in [-0.2, -0.15) is 0 Å². The van der Waals surface area contributed by atoms with E-state index in [4.69, 9.17) is 5.73 Å². The smallest absolute Gasteiger partial charge is 0.234 e. The van der Waals surface area contributed by atoms with E-state index in [1.165, 1.54) is 11.8 Å². The van der Waals surface area contributed by atoms with Crippen LogP contribution in [-0.4, -0.2) is 38.4 Å². The summed E-state index contributed by atoms with van der Waals surface area (Å²) < 4.78 is 1.58. The molecule has 0 spiro atoms. The Morgan fingerprint density at radius 2 is 2.16 bits per heavy atom. The zero-order chi connectivity index (χ0) is 13.5. The number of benzene rings is 1. The van der Waals surface area contributed by atoms with Gasteiger partial charge in [0.25, 0.3) is 0 Å². The molecule has 0 atom stereocenters. The second-order valence-electron chi connectivity index (χ2n) is 3.68. The van der Waals surface area contributed by atoms with Crippen molar-refractivity contribution in [1.82, 2.24) is 20.2 Å². The van der Waals surface area contributed by atoms with E-state index in [9.17, 15) is 4.79 Å². The summed E-state index contributed by atoms with van der Waals surface area (Å²) in [7, 11) is 0. The summed E-state index contributed by atoms with van der Waals surface area (Å²) in [5.74, 6) is 0.151. The van der Waals surface area contributed by atoms with Crippen LogP contribution in [0.25, 0.3) is 0 Å². The Morgan fingerprint density at radius 1 is 1.37 bits per heavy atom. The molecule has 1 aromatic carbocycles. The third-order valence-corrected chi connectivity index (χ3v) is 3.19. The molecule has 0 radical (unpaired) electrons. The van der Waals surface area contributed by atoms with Crippen molar-refractivity contribution in [3.8, 4) is 0 Å². The van der Waals surface area contributed by atoms with Crippen LogP contribution in [0.15, 0.2) is 35.5 Å². The van der Waals surface area contributed by atoms with Crippen LogP contribution >= 0.6 is 11.8 Å². The molecule has 100 valence electrons. The fraction of sp³-hybridized carbons (Fsp3) is 0.273. The highest BCUT2D eigenvalue weighted by atomic mass is 32.2. The van der Waals surface area contributed by atoms with E-state index in [0.29, 0.717) is 18.2 Å². The monoisotopic (exact) mass is 278 g/mol. The topological polar surface area (TPSA) is 98.7 Å². The molecule has 19 heavy (non-hydrogen) atoms. The van der Waals surface area contributed by atoms with Crippen LogP contribution in [-0.2, 0) is 11.3 Å². The van der Waals surface area contributed by atoms with Crippen LogP contribution < -0.4 is 11.1 Å². The average molecular weight is 278 g/mol. The molecule has 1 amide bonds. The fourth-order valence-electron chi connectivity index (χ4n) is 1.41. The first-order chi connectivity index (χ1) is 9.29. The van der Waals surface area contributed by atoms with Gasteiger partial charge in [0.15, 0.2) is 0 Å². The third-order valence-electron chi connectivity index (χ3n) is 2.23. The first-order valence-corrected chi connectivity index (χ1v) is 6.72. The van der Waals surface area contributed by atoms with Crippen LogP contribution in [0.4, 0.5) is 5.69 Å². The van der Waals surface area contributed by atoms with E-state index in [-0.39, 0.29) is 11.7 Å². The number of nitrogens with one attached hydrogen (secondary N) is 1. The number of carbonyl (C=O) groups is 1. The number of aromatic nitrogens is 4. The van der Waals surface area contributed by atoms with Gasteiger partial charge in [-0.15, -0.1) is 5.10 Å². The van der Waals surface area contributed by atoms with E-state index >= 15 is 0 Å². The van der Waals surface area contributed by atoms with Gasteiger partial charge in [0.2, 0.25) is 11.1 Å². The summed E-state index contributed by atoms with van der Waals surface area (Å²) >= 11 is 1.28. The van der Waals surface area contributed by atoms with Crippen LogP contribution in [0, 0.1) is 0 Å². The fourth-order valence-corrected chi connectivity index (χ4v) is 2.11. The van der Waals surface area contributed by atoms with Gasteiger partial charge in [-0.3, -0.25) is 4.79 Å². The summed E-state index contributed by atoms with van der Waals surface area (Å²) in [4.78, 5) is 11.7. The number of nitrogens with zero attached hydrogens (tertiary/aromatic N) is 4. The zero-order valence-corrected chi connectivity index (χ0v) is 11.0. The molecular weight excluding hydrogens is 264 g/mol. The minimum absolute atomic E-state index is 0.0986. The van der Waals surface area contributed by atoms with Gasteiger partial charge in [-0.05, 0) is 22.6 Å². The number of hydrogen-bond acceptors (Lipinski definition) is 6. The Bertz CT molecular complexity index is 529. The number of carbonyl (C=O) groups excluding carboxylic acids is 1. The molecule has 0 bridgehead atoms. The highest BCUT2D eigenvalue weighted by Crippen LogP contribution is 2.14. The normalized spacial score (nSPS) is 10.4. The van der Waals surface area contributed by atoms with Crippen molar-refractivity contribution in [3.05, 3.63) is 30.3 Å². The summed E-state index contributed by atoms with van der Waals surface area (Å²) in [5, 5.41) is 14.6. The summed E-state index contributed by atoms with van der Waals surface area (Å²) in [5.41, 5.74) is 6.21. The van der Waals surface area contributed by atoms with Crippen LogP contribution in [0.5, 0.6) is 0 Å². The van der Waals surface area contributed by atoms with Gasteiger partial charge in [0, 0.05) is 12.2 Å². The van der Waals surface area contributed by atoms with Crippen LogP contribution in [0.1, 0.15) is 0 Å². The minimum Gasteiger partial charge on any atom is -0.329 e. The molecule has 7 nitrogen and oxygen atoms in total. The SMILES string of the molecule is NCCn1nnnc1SCC(=O)Nc1ccccc1. The number of rotatable bonds is 6. The van der Waals surface area contributed by atoms with Crippen molar-refractivity contribution in [3.63, 3.8) is 0 Å². The van der Waals surface area contributed by atoms with E-state index in [1.807, 2.05) is 30.3 Å². The maximum atomic E-state index is 11.7. The van der Waals surface area contributed by atoms with Gasteiger partial charge in [0.1, 0.15) is 0 Å². The van der Waals surface area contributed by atoms with Crippen molar-refractivity contribution < 1.29 is 4.79 Å². The van der Waals surface area contributed by atoms with E-state index in [2.05, 4.69) is 20.8 Å². The highest BCUT2D eigenvalue weighted by molar-refractivity contribution is 7.99. The van der Waals surface area contributed by atoms with Crippen LogP contribution in [0.2, 0.25) is 0 Å². The van der Waals surface area contributed by atoms with E-state index in [1.54, 1.807) is 4.68 Å². The van der Waals surface area contributed by atoms with Gasteiger partial charge >= 0.3 is 0 Å². The summed E-state index contributed by atoms with van der Waals surface area (Å²) in [6, 6.07) is 9.29. The molecule has 1 heterocycles. The Kier molecular flexibility index (Phi) is 4.87. The van der Waals surface area contributed by atoms with Gasteiger partial charge < -0.3 is 11.1 Å². The molecule has 2 rings (SSSR count). The maximum absolute atomic E-state index is 11.7. The second kappa shape index (κ2) is 6.86. The Labute approximate surface area is 114 Å². The van der Waals surface area contributed by atoms with Gasteiger partial charge in [0.05, 0.1) is 12.3 Å². The lowest BCUT2D eigenvalue weighted by molar-refractivity contribution is -0.113. The summed E-state index contributed by atoms with van der Waals surface area (Å²) in [6.45, 7) is 0.991. The number of hydrogen-bond donors (Lipinski definition) is 2. The second-order valence-corrected chi connectivity index (χ2v) is 4.62. The van der Waals surface area contributed by atoms with Crippen molar-refractivity contribution >= 4 is 23.4 Å². The molecular formula is C11H14N6OS. The van der Waals surface area contributed by atoms with Crippen molar-refractivity contribution in [2.75, 3.05) is 17.6 Å². The predicted octanol–water partition coefficient (Wildman–Crippen LogP) is 0.363. The molecule has 0 aliphatic heterocycles. The largest absolute Gasteiger partial charge is 0.329 e. The Morgan fingerprint density at radius 3 is 2.89 bits per heavy atom. The molecule has 3 N–H and O–H groups in total. The molecule has 0 saturated carbocycles. The number of nitrogens with two attached hydrogens (primary N) is 1. The van der Waals surface area contributed by atoms with E-state index in [0.717, 1.165) is 5.69 Å². The minimum atomic E-state index is -0.0986. The van der Waals surface area contributed by atoms with Crippen LogP contribution in [0.3, 0.4) is 0 Å². The number of amides is 1. The molecule has 0 aliphatic rings. The zero-order valence-electron chi connectivity index (χ0n) is 10.2. The third kappa shape index (κ3) is 4.04. The first kappa shape index (κ1) is 13.5. The Hall–Kier alpha value is -1.93. The lowest BCUT2D eigenvalue weighted by Gasteiger charge is -2.04. The van der Waals surface area contributed by atoms with Gasteiger partial charge in [-0.25, -0.2) is 4.68 Å². The lowest BCUT2D eigenvalue weighted by atomic mass is 10.3. The van der Waals surface area contributed by atoms with Crippen molar-refractivity contribution in [1.29, 1.82) is 0 Å². The maximum Gasteiger partial charge on any atom is 0.234 e. The Balaban J connectivity index is 1.85. The molecule has 0 fully saturated rings. The molecule has 0 unspecified atom stereocenters. The van der Waals surface area contributed by atoms with Gasteiger partial charge in [-0.1, -0.05) is 30.0 Å². The number of thioether (sulfide) groups is 1. The quantitative estimate of drug-likeness (QED) is 0.740.